The molecule has 0 saturated carbocycles. The van der Waals surface area contributed by atoms with Crippen molar-refractivity contribution in [3.05, 3.63) is 34.6 Å². The molecular weight excluding hydrogens is 288 g/mol. The second-order valence-corrected chi connectivity index (χ2v) is 5.54. The number of hydrogen-bond donors (Lipinski definition) is 0. The van der Waals surface area contributed by atoms with Crippen molar-refractivity contribution in [3.8, 4) is 0 Å². The molecule has 2 rings (SSSR count). The summed E-state index contributed by atoms with van der Waals surface area (Å²) < 4.78 is 13.0. The molecule has 19 heavy (non-hydrogen) atoms. The maximum atomic E-state index is 13.0. The molecule has 1 unspecified atom stereocenters. The van der Waals surface area contributed by atoms with Crippen LogP contribution in [0.15, 0.2) is 18.2 Å². The summed E-state index contributed by atoms with van der Waals surface area (Å²) in [5.74, 6) is -0.0247. The van der Waals surface area contributed by atoms with E-state index in [-0.39, 0.29) is 17.0 Å². The molecule has 1 atom stereocenters. The van der Waals surface area contributed by atoms with E-state index in [4.69, 9.17) is 23.2 Å². The molecule has 0 aliphatic carbocycles. The first kappa shape index (κ1) is 14.6. The maximum Gasteiger partial charge on any atom is 0.255 e. The fourth-order valence-corrected chi connectivity index (χ4v) is 3.01. The minimum atomic E-state index is -0.433. The van der Waals surface area contributed by atoms with Crippen LogP contribution in [0.25, 0.3) is 0 Å². The van der Waals surface area contributed by atoms with Crippen LogP contribution in [-0.4, -0.2) is 29.3 Å². The smallest absolute Gasteiger partial charge is 0.255 e. The Morgan fingerprint density at radius 3 is 2.89 bits per heavy atom. The molecule has 1 saturated heterocycles. The van der Waals surface area contributed by atoms with Gasteiger partial charge in [-0.1, -0.05) is 11.6 Å². The summed E-state index contributed by atoms with van der Waals surface area (Å²) in [5, 5.41) is 0.167. The summed E-state index contributed by atoms with van der Waals surface area (Å²) in [6.07, 6.45) is 3.86. The highest BCUT2D eigenvalue weighted by Gasteiger charge is 2.28. The minimum absolute atomic E-state index is 0.125. The summed E-state index contributed by atoms with van der Waals surface area (Å²) in [4.78, 5) is 14.3. The lowest BCUT2D eigenvalue weighted by Gasteiger charge is -2.35. The van der Waals surface area contributed by atoms with E-state index in [2.05, 4.69) is 0 Å². The predicted molar refractivity (Wildman–Crippen MR) is 75.4 cm³/mol. The summed E-state index contributed by atoms with van der Waals surface area (Å²) >= 11 is 11.7. The van der Waals surface area contributed by atoms with E-state index in [1.807, 2.05) is 4.90 Å². The van der Waals surface area contributed by atoms with Crippen LogP contribution in [-0.2, 0) is 0 Å². The number of halogens is 3. The van der Waals surface area contributed by atoms with Gasteiger partial charge in [0, 0.05) is 18.5 Å². The molecule has 2 nitrogen and oxygen atoms in total. The third-order valence-electron chi connectivity index (χ3n) is 3.49. The Hall–Kier alpha value is -0.800. The standard InChI is InChI=1S/C14H16Cl2FNO/c15-7-6-11-3-1-2-8-18(11)14(19)12-5-4-10(17)9-13(12)16/h4-5,9,11H,1-3,6-8H2. The van der Waals surface area contributed by atoms with Crippen molar-refractivity contribution in [1.29, 1.82) is 0 Å². The molecule has 104 valence electrons. The Labute approximate surface area is 122 Å². The zero-order valence-corrected chi connectivity index (χ0v) is 12.1. The molecule has 1 aliphatic heterocycles. The summed E-state index contributed by atoms with van der Waals surface area (Å²) in [5.41, 5.74) is 0.365. The predicted octanol–water partition coefficient (Wildman–Crippen LogP) is 4.10. The summed E-state index contributed by atoms with van der Waals surface area (Å²) in [6, 6.07) is 4.06. The number of carbonyl (C=O) groups is 1. The number of carbonyl (C=O) groups excluding carboxylic acids is 1. The quantitative estimate of drug-likeness (QED) is 0.770. The Kier molecular flexibility index (Phi) is 5.06. The van der Waals surface area contributed by atoms with Gasteiger partial charge < -0.3 is 4.90 Å². The van der Waals surface area contributed by atoms with Crippen LogP contribution in [0.5, 0.6) is 0 Å². The van der Waals surface area contributed by atoms with Gasteiger partial charge >= 0.3 is 0 Å². The van der Waals surface area contributed by atoms with E-state index in [1.165, 1.54) is 18.2 Å². The van der Waals surface area contributed by atoms with Crippen molar-refractivity contribution in [2.75, 3.05) is 12.4 Å². The van der Waals surface area contributed by atoms with Gasteiger partial charge in [0.25, 0.3) is 5.91 Å². The molecular formula is C14H16Cl2FNO. The number of amides is 1. The minimum Gasteiger partial charge on any atom is -0.336 e. The number of likely N-dealkylation sites (tertiary alicyclic amines) is 1. The van der Waals surface area contributed by atoms with Crippen molar-refractivity contribution in [3.63, 3.8) is 0 Å². The van der Waals surface area contributed by atoms with E-state index in [0.29, 0.717) is 18.0 Å². The lowest BCUT2D eigenvalue weighted by Crippen LogP contribution is -2.44. The third-order valence-corrected chi connectivity index (χ3v) is 4.02. The van der Waals surface area contributed by atoms with Crippen LogP contribution < -0.4 is 0 Å². The molecule has 1 aliphatic rings. The van der Waals surface area contributed by atoms with Crippen LogP contribution in [0.1, 0.15) is 36.0 Å². The molecule has 1 amide bonds. The maximum absolute atomic E-state index is 13.0. The Balaban J connectivity index is 2.21. The zero-order valence-electron chi connectivity index (χ0n) is 10.5. The molecule has 1 aromatic carbocycles. The van der Waals surface area contributed by atoms with Gasteiger partial charge in [0.15, 0.2) is 0 Å². The molecule has 1 heterocycles. The first-order valence-electron chi connectivity index (χ1n) is 6.45. The second kappa shape index (κ2) is 6.58. The van der Waals surface area contributed by atoms with Crippen molar-refractivity contribution in [2.45, 2.75) is 31.7 Å². The highest BCUT2D eigenvalue weighted by atomic mass is 35.5. The topological polar surface area (TPSA) is 20.3 Å². The molecule has 0 spiro atoms. The van der Waals surface area contributed by atoms with E-state index in [0.717, 1.165) is 25.7 Å². The normalized spacial score (nSPS) is 19.5. The van der Waals surface area contributed by atoms with Gasteiger partial charge in [-0.2, -0.15) is 0 Å². The molecule has 0 aromatic heterocycles. The van der Waals surface area contributed by atoms with Gasteiger partial charge in [-0.25, -0.2) is 4.39 Å². The molecule has 0 radical (unpaired) electrons. The third kappa shape index (κ3) is 3.40. The number of benzene rings is 1. The van der Waals surface area contributed by atoms with Gasteiger partial charge in [-0.15, -0.1) is 11.6 Å². The number of alkyl halides is 1. The average Bonchev–Trinajstić information content (AvgIpc) is 2.39. The average molecular weight is 304 g/mol. The SMILES string of the molecule is O=C(c1ccc(F)cc1Cl)N1CCCCC1CCCl. The van der Waals surface area contributed by atoms with Crippen LogP contribution in [0, 0.1) is 5.82 Å². The van der Waals surface area contributed by atoms with Crippen molar-refractivity contribution < 1.29 is 9.18 Å². The van der Waals surface area contributed by atoms with Gasteiger partial charge in [-0.3, -0.25) is 4.79 Å². The fraction of sp³-hybridized carbons (Fsp3) is 0.500. The highest BCUT2D eigenvalue weighted by Crippen LogP contribution is 2.25. The van der Waals surface area contributed by atoms with E-state index >= 15 is 0 Å². The van der Waals surface area contributed by atoms with Crippen LogP contribution in [0.3, 0.4) is 0 Å². The summed E-state index contributed by atoms with van der Waals surface area (Å²) in [6.45, 7) is 0.716. The number of piperidine rings is 1. The van der Waals surface area contributed by atoms with Crippen molar-refractivity contribution >= 4 is 29.1 Å². The Morgan fingerprint density at radius 2 is 2.21 bits per heavy atom. The van der Waals surface area contributed by atoms with E-state index in [1.54, 1.807) is 0 Å². The van der Waals surface area contributed by atoms with Crippen molar-refractivity contribution in [1.82, 2.24) is 4.90 Å². The monoisotopic (exact) mass is 303 g/mol. The lowest BCUT2D eigenvalue weighted by atomic mass is 9.99. The van der Waals surface area contributed by atoms with Gasteiger partial charge in [0.1, 0.15) is 5.82 Å². The number of hydrogen-bond acceptors (Lipinski definition) is 1. The lowest BCUT2D eigenvalue weighted by molar-refractivity contribution is 0.0609. The highest BCUT2D eigenvalue weighted by molar-refractivity contribution is 6.33. The Morgan fingerprint density at radius 1 is 1.42 bits per heavy atom. The van der Waals surface area contributed by atoms with Gasteiger partial charge in [0.05, 0.1) is 10.6 Å². The van der Waals surface area contributed by atoms with Gasteiger partial charge in [0.2, 0.25) is 0 Å². The molecule has 0 N–H and O–H groups in total. The number of rotatable bonds is 3. The van der Waals surface area contributed by atoms with E-state index in [9.17, 15) is 9.18 Å². The van der Waals surface area contributed by atoms with E-state index < -0.39 is 5.82 Å². The van der Waals surface area contributed by atoms with Crippen LogP contribution in [0.4, 0.5) is 4.39 Å². The largest absolute Gasteiger partial charge is 0.336 e. The fourth-order valence-electron chi connectivity index (χ4n) is 2.51. The number of nitrogens with zero attached hydrogens (tertiary/aromatic N) is 1. The van der Waals surface area contributed by atoms with Crippen LogP contribution >= 0.6 is 23.2 Å². The summed E-state index contributed by atoms with van der Waals surface area (Å²) in [7, 11) is 0. The first-order chi connectivity index (χ1) is 9.13. The van der Waals surface area contributed by atoms with Crippen molar-refractivity contribution in [2.24, 2.45) is 0 Å². The zero-order chi connectivity index (χ0) is 13.8. The molecule has 1 aromatic rings. The first-order valence-corrected chi connectivity index (χ1v) is 7.36. The van der Waals surface area contributed by atoms with Gasteiger partial charge in [-0.05, 0) is 43.9 Å². The second-order valence-electron chi connectivity index (χ2n) is 4.75. The molecule has 0 bridgehead atoms. The van der Waals surface area contributed by atoms with Crippen LogP contribution in [0.2, 0.25) is 5.02 Å². The Bertz CT molecular complexity index is 465. The molecule has 1 fully saturated rings. The molecule has 5 heteroatoms.